The maximum atomic E-state index is 11.5. The highest BCUT2D eigenvalue weighted by molar-refractivity contribution is 7.98. The molecular formula is C18H19N5O3S2. The van der Waals surface area contributed by atoms with Gasteiger partial charge in [0.25, 0.3) is 0 Å². The Morgan fingerprint density at radius 2 is 2.14 bits per heavy atom. The van der Waals surface area contributed by atoms with Crippen molar-refractivity contribution in [1.82, 2.24) is 19.5 Å². The minimum atomic E-state index is -0.435. The zero-order valence-corrected chi connectivity index (χ0v) is 17.5. The number of hydrogen-bond donors (Lipinski definition) is 0. The molecule has 0 aliphatic rings. The number of nitrogens with zero attached hydrogens (tertiary/aromatic N) is 5. The highest BCUT2D eigenvalue weighted by atomic mass is 32.2. The molecule has 3 aromatic rings. The minimum Gasteiger partial charge on any atom is -0.465 e. The standard InChI is InChI=1S/C18H19N5O3S2/c1-11-7-13(21-17(20-11)27-4)14-9-23(10-25-2)18(28-14)22-15-6-5-12(8-19-15)16(24)26-3/h5-9H,10H2,1-4H3/b22-18-. The van der Waals surface area contributed by atoms with Crippen LogP contribution in [0.25, 0.3) is 10.6 Å². The van der Waals surface area contributed by atoms with Crippen molar-refractivity contribution in [3.63, 3.8) is 0 Å². The number of rotatable bonds is 6. The summed E-state index contributed by atoms with van der Waals surface area (Å²) in [6.45, 7) is 2.29. The number of carbonyl (C=O) groups excluding carboxylic acids is 1. The Morgan fingerprint density at radius 1 is 1.32 bits per heavy atom. The van der Waals surface area contributed by atoms with Gasteiger partial charge in [-0.05, 0) is 31.4 Å². The number of thioether (sulfide) groups is 1. The molecule has 28 heavy (non-hydrogen) atoms. The average molecular weight is 418 g/mol. The van der Waals surface area contributed by atoms with E-state index in [1.54, 1.807) is 19.2 Å². The molecule has 0 atom stereocenters. The van der Waals surface area contributed by atoms with Crippen molar-refractivity contribution >= 4 is 34.9 Å². The smallest absolute Gasteiger partial charge is 0.339 e. The highest BCUT2D eigenvalue weighted by Gasteiger charge is 2.10. The van der Waals surface area contributed by atoms with Gasteiger partial charge in [-0.1, -0.05) is 23.1 Å². The van der Waals surface area contributed by atoms with Crippen molar-refractivity contribution in [2.24, 2.45) is 4.99 Å². The SMILES string of the molecule is COCn1cc(-c2cc(C)nc(SC)n2)s/c1=N\c1ccc(C(=O)OC)cn1. The van der Waals surface area contributed by atoms with E-state index in [4.69, 9.17) is 4.74 Å². The van der Waals surface area contributed by atoms with Crippen LogP contribution in [0.4, 0.5) is 5.82 Å². The van der Waals surface area contributed by atoms with Gasteiger partial charge in [-0.25, -0.2) is 24.7 Å². The van der Waals surface area contributed by atoms with E-state index in [1.165, 1.54) is 36.4 Å². The second-order valence-corrected chi connectivity index (χ2v) is 7.44. The van der Waals surface area contributed by atoms with E-state index >= 15 is 0 Å². The number of ether oxygens (including phenoxy) is 2. The zero-order chi connectivity index (χ0) is 20.1. The molecule has 10 heteroatoms. The molecule has 146 valence electrons. The van der Waals surface area contributed by atoms with Crippen LogP contribution in [0.5, 0.6) is 0 Å². The van der Waals surface area contributed by atoms with Gasteiger partial charge in [0, 0.05) is 25.2 Å². The molecule has 0 aliphatic carbocycles. The van der Waals surface area contributed by atoms with Crippen LogP contribution in [0.1, 0.15) is 16.1 Å². The number of pyridine rings is 1. The first-order chi connectivity index (χ1) is 13.5. The summed E-state index contributed by atoms with van der Waals surface area (Å²) >= 11 is 2.98. The summed E-state index contributed by atoms with van der Waals surface area (Å²) in [6, 6.07) is 5.24. The Balaban J connectivity index is 2.02. The first kappa shape index (κ1) is 20.2. The monoisotopic (exact) mass is 417 g/mol. The molecule has 8 nitrogen and oxygen atoms in total. The van der Waals surface area contributed by atoms with Crippen molar-refractivity contribution in [2.75, 3.05) is 20.5 Å². The molecule has 0 bridgehead atoms. The third kappa shape index (κ3) is 4.64. The zero-order valence-electron chi connectivity index (χ0n) is 15.9. The van der Waals surface area contributed by atoms with Gasteiger partial charge in [-0.3, -0.25) is 4.57 Å². The topological polar surface area (TPSA) is 91.5 Å². The molecule has 0 saturated heterocycles. The normalized spacial score (nSPS) is 11.6. The lowest BCUT2D eigenvalue weighted by atomic mass is 10.3. The van der Waals surface area contributed by atoms with Crippen molar-refractivity contribution in [3.8, 4) is 10.6 Å². The summed E-state index contributed by atoms with van der Waals surface area (Å²) in [5.74, 6) is 0.0465. The van der Waals surface area contributed by atoms with Gasteiger partial charge in [0.05, 0.1) is 23.2 Å². The van der Waals surface area contributed by atoms with Crippen molar-refractivity contribution < 1.29 is 14.3 Å². The van der Waals surface area contributed by atoms with E-state index in [0.717, 1.165) is 21.4 Å². The summed E-state index contributed by atoms with van der Waals surface area (Å²) in [6.07, 6.45) is 5.34. The van der Waals surface area contributed by atoms with Gasteiger partial charge in [0.15, 0.2) is 15.8 Å². The Kier molecular flexibility index (Phi) is 6.55. The second kappa shape index (κ2) is 9.09. The summed E-state index contributed by atoms with van der Waals surface area (Å²) < 4.78 is 11.8. The van der Waals surface area contributed by atoms with Gasteiger partial charge in [-0.2, -0.15) is 0 Å². The van der Waals surface area contributed by atoms with Crippen molar-refractivity contribution in [1.29, 1.82) is 0 Å². The van der Waals surface area contributed by atoms with E-state index in [-0.39, 0.29) is 0 Å². The molecule has 0 aromatic carbocycles. The Morgan fingerprint density at radius 3 is 2.79 bits per heavy atom. The molecule has 0 fully saturated rings. The molecular weight excluding hydrogens is 398 g/mol. The van der Waals surface area contributed by atoms with Crippen LogP contribution in [0.2, 0.25) is 0 Å². The number of methoxy groups -OCH3 is 2. The molecule has 3 heterocycles. The molecule has 3 rings (SSSR count). The van der Waals surface area contributed by atoms with Crippen LogP contribution in [-0.2, 0) is 16.2 Å². The molecule has 0 radical (unpaired) electrons. The maximum absolute atomic E-state index is 11.5. The Labute approximate surface area is 170 Å². The van der Waals surface area contributed by atoms with E-state index < -0.39 is 5.97 Å². The predicted octanol–water partition coefficient (Wildman–Crippen LogP) is 3.05. The molecule has 3 aromatic heterocycles. The molecule has 0 unspecified atom stereocenters. The summed E-state index contributed by atoms with van der Waals surface area (Å²) in [5.41, 5.74) is 2.11. The molecule has 0 spiro atoms. The number of aryl methyl sites for hydroxylation is 1. The van der Waals surface area contributed by atoms with Crippen molar-refractivity contribution in [2.45, 2.75) is 18.8 Å². The third-order valence-electron chi connectivity index (χ3n) is 3.64. The van der Waals surface area contributed by atoms with Crippen LogP contribution in [0.15, 0.2) is 40.7 Å². The number of aromatic nitrogens is 4. The lowest BCUT2D eigenvalue weighted by Gasteiger charge is -2.02. The molecule has 0 saturated carbocycles. The first-order valence-corrected chi connectivity index (χ1v) is 10.3. The van der Waals surface area contributed by atoms with E-state index in [1.807, 2.05) is 30.0 Å². The number of thiazole rings is 1. The molecule has 0 N–H and O–H groups in total. The lowest BCUT2D eigenvalue weighted by Crippen LogP contribution is -2.14. The van der Waals surface area contributed by atoms with Gasteiger partial charge in [0.2, 0.25) is 0 Å². The first-order valence-electron chi connectivity index (χ1n) is 8.22. The minimum absolute atomic E-state index is 0.342. The fraction of sp³-hybridized carbons (Fsp3) is 0.278. The van der Waals surface area contributed by atoms with Crippen molar-refractivity contribution in [3.05, 3.63) is 46.7 Å². The molecule has 0 aliphatic heterocycles. The van der Waals surface area contributed by atoms with Gasteiger partial charge in [0.1, 0.15) is 6.73 Å². The number of esters is 1. The van der Waals surface area contributed by atoms with Crippen LogP contribution >= 0.6 is 23.1 Å². The molecule has 0 amide bonds. The van der Waals surface area contributed by atoms with Gasteiger partial charge in [-0.15, -0.1) is 0 Å². The second-order valence-electron chi connectivity index (χ2n) is 5.66. The largest absolute Gasteiger partial charge is 0.465 e. The third-order valence-corrected chi connectivity index (χ3v) is 5.23. The van der Waals surface area contributed by atoms with Crippen LogP contribution in [0, 0.1) is 6.92 Å². The Hall–Kier alpha value is -2.56. The van der Waals surface area contributed by atoms with E-state index in [2.05, 4.69) is 24.7 Å². The van der Waals surface area contributed by atoms with Gasteiger partial charge >= 0.3 is 5.97 Å². The summed E-state index contributed by atoms with van der Waals surface area (Å²) in [5, 5.41) is 0.722. The summed E-state index contributed by atoms with van der Waals surface area (Å²) in [7, 11) is 2.96. The van der Waals surface area contributed by atoms with Crippen LogP contribution in [-0.4, -0.2) is 46.0 Å². The highest BCUT2D eigenvalue weighted by Crippen LogP contribution is 2.23. The quantitative estimate of drug-likeness (QED) is 0.346. The van der Waals surface area contributed by atoms with Crippen LogP contribution in [0.3, 0.4) is 0 Å². The Bertz CT molecular complexity index is 1040. The van der Waals surface area contributed by atoms with Crippen LogP contribution < -0.4 is 4.80 Å². The fourth-order valence-electron chi connectivity index (χ4n) is 2.36. The lowest BCUT2D eigenvalue weighted by molar-refractivity contribution is 0.0600. The summed E-state index contributed by atoms with van der Waals surface area (Å²) in [4.78, 5) is 31.0. The fourth-order valence-corrected chi connectivity index (χ4v) is 3.74. The van der Waals surface area contributed by atoms with E-state index in [0.29, 0.717) is 22.9 Å². The number of carbonyl (C=O) groups is 1. The number of hydrogen-bond acceptors (Lipinski definition) is 9. The average Bonchev–Trinajstić information content (AvgIpc) is 3.10. The van der Waals surface area contributed by atoms with Gasteiger partial charge < -0.3 is 9.47 Å². The predicted molar refractivity (Wildman–Crippen MR) is 108 cm³/mol. The van der Waals surface area contributed by atoms with E-state index in [9.17, 15) is 4.79 Å². The maximum Gasteiger partial charge on any atom is 0.339 e.